The van der Waals surface area contributed by atoms with Crippen LogP contribution in [0.25, 0.3) is 0 Å². The summed E-state index contributed by atoms with van der Waals surface area (Å²) in [6.45, 7) is 15.3. The molecule has 0 bridgehead atoms. The van der Waals surface area contributed by atoms with E-state index in [1.54, 1.807) is 18.3 Å². The third-order valence-electron chi connectivity index (χ3n) is 9.46. The number of nitrogens with two attached hydrogens (primary N) is 1. The van der Waals surface area contributed by atoms with Crippen molar-refractivity contribution < 1.29 is 42.4 Å². The van der Waals surface area contributed by atoms with Gasteiger partial charge in [0.15, 0.2) is 6.29 Å². The van der Waals surface area contributed by atoms with Crippen molar-refractivity contribution in [1.82, 2.24) is 35.9 Å². The molecular weight excluding hydrogens is 1030 g/mol. The Morgan fingerprint density at radius 2 is 1.28 bits per heavy atom. The van der Waals surface area contributed by atoms with Crippen LogP contribution in [-0.2, 0) is 24.4 Å². The number of aldehydes is 1. The fourth-order valence-electron chi connectivity index (χ4n) is 5.14. The lowest BCUT2D eigenvalue weighted by Crippen LogP contribution is -2.27. The number of rotatable bonds is 11. The summed E-state index contributed by atoms with van der Waals surface area (Å²) in [4.78, 5) is 24.8. The number of nitrogens with zero attached hydrogens (tertiary/aromatic N) is 4. The molecule has 0 amide bonds. The number of aliphatic hydroxyl groups excluding tert-OH is 2. The first-order chi connectivity index (χ1) is 30.8. The lowest BCUT2D eigenvalue weighted by Gasteiger charge is -2.14. The second-order valence-electron chi connectivity index (χ2n) is 14.2. The first-order valence-corrected chi connectivity index (χ1v) is 23.6. The molecule has 7 heterocycles. The quantitative estimate of drug-likeness (QED) is 0.0484. The van der Waals surface area contributed by atoms with Crippen molar-refractivity contribution in [2.75, 3.05) is 32.8 Å². The third-order valence-corrected chi connectivity index (χ3v) is 11.6. The van der Waals surface area contributed by atoms with Gasteiger partial charge in [0.2, 0.25) is 23.7 Å². The van der Waals surface area contributed by atoms with Gasteiger partial charge in [-0.1, -0.05) is 66.5 Å². The van der Waals surface area contributed by atoms with Crippen molar-refractivity contribution in [3.05, 3.63) is 103 Å². The molecule has 20 heteroatoms. The highest BCUT2D eigenvalue weighted by Gasteiger charge is 2.20. The summed E-state index contributed by atoms with van der Waals surface area (Å²) in [6, 6.07) is 6.85. The Bertz CT molecular complexity index is 1840. The number of hydrogen-bond donors (Lipinski definition) is 6. The number of pyridine rings is 4. The Morgan fingerprint density at radius 1 is 0.750 bits per heavy atom. The van der Waals surface area contributed by atoms with Gasteiger partial charge >= 0.3 is 0 Å². The Hall–Kier alpha value is -3.18. The van der Waals surface area contributed by atoms with E-state index >= 15 is 0 Å². The molecular formula is C44H62Br3F3N8O6. The largest absolute Gasteiger partial charge is 0.489 e. The number of epoxide rings is 1. The monoisotopic (exact) mass is 1090 g/mol. The Kier molecular flexibility index (Phi) is 28.9. The minimum absolute atomic E-state index is 0.0394. The second-order valence-corrected chi connectivity index (χ2v) is 16.8. The van der Waals surface area contributed by atoms with Gasteiger partial charge in [0.1, 0.15) is 18.0 Å². The maximum Gasteiger partial charge on any atom is 0.224 e. The van der Waals surface area contributed by atoms with Crippen LogP contribution < -0.4 is 31.2 Å². The number of aromatic nitrogens is 4. The van der Waals surface area contributed by atoms with Crippen LogP contribution in [0.3, 0.4) is 0 Å². The topological polar surface area (TPSA) is 202 Å². The summed E-state index contributed by atoms with van der Waals surface area (Å²) in [5, 5.41) is 27.3. The van der Waals surface area contributed by atoms with Gasteiger partial charge < -0.3 is 46.1 Å². The summed E-state index contributed by atoms with van der Waals surface area (Å²) >= 11 is 9.74. The van der Waals surface area contributed by atoms with Crippen LogP contribution in [-0.4, -0.2) is 99.7 Å². The zero-order valence-electron chi connectivity index (χ0n) is 36.9. The van der Waals surface area contributed by atoms with Gasteiger partial charge in [0, 0.05) is 95.1 Å². The molecule has 4 aromatic rings. The molecule has 0 saturated carbocycles. The number of carbonyl (C=O) groups excluding carboxylic acids is 1. The molecule has 0 aromatic carbocycles. The smallest absolute Gasteiger partial charge is 0.224 e. The maximum absolute atomic E-state index is 13.3. The molecule has 0 unspecified atom stereocenters. The molecule has 356 valence electrons. The zero-order chi connectivity index (χ0) is 47.4. The van der Waals surface area contributed by atoms with Crippen LogP contribution >= 0.6 is 47.8 Å². The van der Waals surface area contributed by atoms with Crippen molar-refractivity contribution >= 4 is 54.1 Å². The van der Waals surface area contributed by atoms with E-state index in [0.29, 0.717) is 70.8 Å². The van der Waals surface area contributed by atoms with E-state index in [4.69, 9.17) is 25.1 Å². The molecule has 0 radical (unpaired) electrons. The number of fused-ring (bicyclic) bond motifs is 2. The summed E-state index contributed by atoms with van der Waals surface area (Å²) in [6.07, 6.45) is 11.2. The number of aliphatic hydroxyl groups is 2. The molecule has 1 saturated heterocycles. The minimum atomic E-state index is -0.746. The predicted octanol–water partition coefficient (Wildman–Crippen LogP) is 7.74. The number of hydrogen-bond acceptors (Lipinski definition) is 14. The first-order valence-electron chi connectivity index (χ1n) is 21.2. The summed E-state index contributed by atoms with van der Waals surface area (Å²) in [5.74, 6) is -0.287. The van der Waals surface area contributed by atoms with Crippen molar-refractivity contribution in [1.29, 1.82) is 0 Å². The van der Waals surface area contributed by atoms with Gasteiger partial charge in [0.25, 0.3) is 0 Å². The molecule has 64 heavy (non-hydrogen) atoms. The fraction of sp³-hybridized carbons (Fsp3) is 0.523. The molecule has 5 atom stereocenters. The average Bonchev–Trinajstić information content (AvgIpc) is 4.18. The number of nitrogens with one attached hydrogen (secondary N) is 3. The highest BCUT2D eigenvalue weighted by atomic mass is 79.9. The van der Waals surface area contributed by atoms with E-state index in [9.17, 15) is 23.1 Å². The number of ether oxygens (including phenoxy) is 3. The van der Waals surface area contributed by atoms with Crippen LogP contribution in [0.1, 0.15) is 93.8 Å². The highest BCUT2D eigenvalue weighted by Crippen LogP contribution is 2.27. The Balaban J connectivity index is 0.000000273. The molecule has 0 aliphatic carbocycles. The Labute approximate surface area is 399 Å². The zero-order valence-corrected chi connectivity index (χ0v) is 41.7. The molecule has 3 aliphatic rings. The van der Waals surface area contributed by atoms with Crippen LogP contribution in [0, 0.1) is 17.8 Å². The fourth-order valence-corrected chi connectivity index (χ4v) is 6.36. The van der Waals surface area contributed by atoms with Gasteiger partial charge in [-0.25, -0.2) is 19.9 Å². The standard InChI is InChI=1S/C10H14BrFN2O.C10H13BrN2O.C10H13FN2O.C6H3BrFNO.C4H11NO.C4H8O/c1-2-7(15)5-13-6-8-9(11)3-4-14-10(8)12;1-2-7-5-12-6-8-9(11)3-4-13-10(8)14-7;1-2-7-5-12-6-8-9(14-7)3-4-13-10(8)11;7-5-1-2-9-6(8)4(5)3-10;1-2-4(6)3-5;1-2-4-3-5-4/h3-4,7,13,15H,2,5-6H2,1H3;2*3-4,7,12H,2,5-6H2,1H3;1-3H;4,6H,2-3,5H2,1H3;4H,2-3H2,1H3/t3*7-;;2*4-/m111.11/s1. The lowest BCUT2D eigenvalue weighted by molar-refractivity contribution is 0.111. The molecule has 7 rings (SSSR count). The van der Waals surface area contributed by atoms with E-state index in [1.807, 2.05) is 19.9 Å². The van der Waals surface area contributed by atoms with E-state index in [-0.39, 0.29) is 30.0 Å². The molecule has 7 N–H and O–H groups in total. The normalized spacial score (nSPS) is 17.6. The van der Waals surface area contributed by atoms with Gasteiger partial charge in [-0.05, 0) is 72.3 Å². The maximum atomic E-state index is 13.3. The van der Waals surface area contributed by atoms with Gasteiger partial charge in [-0.3, -0.25) is 4.79 Å². The summed E-state index contributed by atoms with van der Waals surface area (Å²) < 4.78 is 57.4. The van der Waals surface area contributed by atoms with E-state index in [0.717, 1.165) is 61.4 Å². The second kappa shape index (κ2) is 32.5. The van der Waals surface area contributed by atoms with Crippen molar-refractivity contribution in [3.63, 3.8) is 0 Å². The molecule has 14 nitrogen and oxygen atoms in total. The van der Waals surface area contributed by atoms with Gasteiger partial charge in [0.05, 0.1) is 36.0 Å². The number of carbonyl (C=O) groups is 1. The van der Waals surface area contributed by atoms with Gasteiger partial charge in [-0.2, -0.15) is 13.2 Å². The lowest BCUT2D eigenvalue weighted by atomic mass is 10.2. The van der Waals surface area contributed by atoms with Crippen LogP contribution in [0.4, 0.5) is 13.2 Å². The van der Waals surface area contributed by atoms with Crippen molar-refractivity contribution in [2.45, 2.75) is 117 Å². The van der Waals surface area contributed by atoms with Crippen LogP contribution in [0.5, 0.6) is 11.6 Å². The van der Waals surface area contributed by atoms with Gasteiger partial charge in [-0.15, -0.1) is 0 Å². The minimum Gasteiger partial charge on any atom is -0.489 e. The SMILES string of the molecule is CC[C@@H](O)CN.CC[C@@H](O)CNCc1c(Br)ccnc1F.CC[C@@H]1CNCc2c(Br)ccnc2O1.CC[C@@H]1CNCc2c(ccnc2F)O1.CC[C@@H]1CO1.O=Cc1c(Br)ccnc1F. The average molecular weight is 1100 g/mol. The van der Waals surface area contributed by atoms with E-state index in [1.165, 1.54) is 31.1 Å². The highest BCUT2D eigenvalue weighted by molar-refractivity contribution is 9.11. The summed E-state index contributed by atoms with van der Waals surface area (Å²) in [7, 11) is 0. The van der Waals surface area contributed by atoms with Crippen molar-refractivity contribution in [3.8, 4) is 11.6 Å². The summed E-state index contributed by atoms with van der Waals surface area (Å²) in [5.41, 5.74) is 7.13. The molecule has 0 spiro atoms. The van der Waals surface area contributed by atoms with Crippen LogP contribution in [0.2, 0.25) is 0 Å². The van der Waals surface area contributed by atoms with Crippen LogP contribution in [0.15, 0.2) is 62.5 Å². The number of halogens is 6. The Morgan fingerprint density at radius 3 is 1.78 bits per heavy atom. The predicted molar refractivity (Wildman–Crippen MR) is 252 cm³/mol. The first kappa shape index (κ1) is 56.9. The molecule has 4 aromatic heterocycles. The third kappa shape index (κ3) is 21.4. The van der Waals surface area contributed by atoms with E-state index < -0.39 is 17.8 Å². The molecule has 1 fully saturated rings. The van der Waals surface area contributed by atoms with E-state index in [2.05, 4.69) is 104 Å². The molecule has 3 aliphatic heterocycles. The van der Waals surface area contributed by atoms with Crippen molar-refractivity contribution in [2.24, 2.45) is 5.73 Å².